The van der Waals surface area contributed by atoms with Gasteiger partial charge in [0.1, 0.15) is 5.75 Å². The molecule has 2 aromatic rings. The van der Waals surface area contributed by atoms with Gasteiger partial charge in [-0.15, -0.1) is 0 Å². The van der Waals surface area contributed by atoms with E-state index in [-0.39, 0.29) is 17.8 Å². The van der Waals surface area contributed by atoms with Crippen molar-refractivity contribution in [2.75, 3.05) is 37.7 Å². The normalized spacial score (nSPS) is 22.2. The van der Waals surface area contributed by atoms with Crippen LogP contribution in [0.3, 0.4) is 0 Å². The van der Waals surface area contributed by atoms with Gasteiger partial charge in [0.2, 0.25) is 0 Å². The second-order valence-electron chi connectivity index (χ2n) is 10.7. The van der Waals surface area contributed by atoms with E-state index in [0.717, 1.165) is 37.0 Å². The molecule has 2 fully saturated rings. The lowest BCUT2D eigenvalue weighted by Crippen LogP contribution is -2.45. The number of nitrogens with zero attached hydrogens (tertiary/aromatic N) is 3. The van der Waals surface area contributed by atoms with Crippen LogP contribution in [0.15, 0.2) is 36.4 Å². The average Bonchev–Trinajstić information content (AvgIpc) is 2.84. The molecule has 206 valence electrons. The minimum absolute atomic E-state index is 0.224. The molecule has 4 rings (SSSR count). The number of morpholine rings is 1. The van der Waals surface area contributed by atoms with Gasteiger partial charge in [-0.2, -0.15) is 18.4 Å². The van der Waals surface area contributed by atoms with Crippen molar-refractivity contribution in [2.45, 2.75) is 70.6 Å². The van der Waals surface area contributed by atoms with Crippen LogP contribution in [0.1, 0.15) is 55.4 Å². The number of nitriles is 1. The van der Waals surface area contributed by atoms with Crippen molar-refractivity contribution >= 4 is 5.69 Å². The largest absolute Gasteiger partial charge is 0.493 e. The molecular formula is C29H36F3N3O3. The molecule has 2 heterocycles. The number of ether oxygens (including phenoxy) is 2. The Morgan fingerprint density at radius 1 is 1.11 bits per heavy atom. The number of rotatable bonds is 7. The number of hydrogen-bond donors (Lipinski definition) is 1. The van der Waals surface area contributed by atoms with E-state index in [0.29, 0.717) is 44.6 Å². The first-order valence-corrected chi connectivity index (χ1v) is 13.1. The molecule has 2 aliphatic rings. The van der Waals surface area contributed by atoms with Crippen molar-refractivity contribution < 1.29 is 27.8 Å². The summed E-state index contributed by atoms with van der Waals surface area (Å²) in [7, 11) is 0. The molecule has 1 N–H and O–H groups in total. The Labute approximate surface area is 222 Å². The maximum Gasteiger partial charge on any atom is 0.417 e. The molecule has 9 heteroatoms. The summed E-state index contributed by atoms with van der Waals surface area (Å²) in [6.07, 6.45) is -2.86. The number of anilines is 1. The Bertz CT molecular complexity index is 1150. The van der Waals surface area contributed by atoms with Crippen LogP contribution in [0.4, 0.5) is 18.9 Å². The summed E-state index contributed by atoms with van der Waals surface area (Å²) in [5.74, 6) is 0.788. The van der Waals surface area contributed by atoms with Gasteiger partial charge in [0, 0.05) is 44.8 Å². The SMILES string of the molecule is Cc1cc(CN2C[C@@H](C)O[C@H](C)C2)ccc1OCCC1(O)CCN(c2ccc(C#N)c(C(F)(F)F)c2)CC1. The fourth-order valence-corrected chi connectivity index (χ4v) is 5.49. The van der Waals surface area contributed by atoms with Crippen LogP contribution >= 0.6 is 0 Å². The maximum atomic E-state index is 13.3. The lowest BCUT2D eigenvalue weighted by Gasteiger charge is -2.39. The molecule has 38 heavy (non-hydrogen) atoms. The predicted molar refractivity (Wildman–Crippen MR) is 139 cm³/mol. The third-order valence-electron chi connectivity index (χ3n) is 7.45. The van der Waals surface area contributed by atoms with Gasteiger partial charge in [-0.25, -0.2) is 0 Å². The maximum absolute atomic E-state index is 13.3. The van der Waals surface area contributed by atoms with E-state index in [1.165, 1.54) is 17.7 Å². The highest BCUT2D eigenvalue weighted by Gasteiger charge is 2.36. The zero-order chi connectivity index (χ0) is 27.5. The Kier molecular flexibility index (Phi) is 8.55. The number of alkyl halides is 3. The highest BCUT2D eigenvalue weighted by atomic mass is 19.4. The Balaban J connectivity index is 1.28. The van der Waals surface area contributed by atoms with E-state index in [1.54, 1.807) is 6.07 Å². The molecule has 0 bridgehead atoms. The number of hydrogen-bond acceptors (Lipinski definition) is 6. The van der Waals surface area contributed by atoms with E-state index in [4.69, 9.17) is 14.7 Å². The highest BCUT2D eigenvalue weighted by molar-refractivity contribution is 5.55. The van der Waals surface area contributed by atoms with Crippen molar-refractivity contribution in [2.24, 2.45) is 0 Å². The molecule has 0 radical (unpaired) electrons. The third-order valence-corrected chi connectivity index (χ3v) is 7.45. The molecule has 0 amide bonds. The molecule has 2 aliphatic heterocycles. The second kappa shape index (κ2) is 11.5. The van der Waals surface area contributed by atoms with Gasteiger partial charge in [-0.1, -0.05) is 12.1 Å². The first-order chi connectivity index (χ1) is 18.0. The van der Waals surface area contributed by atoms with E-state index in [2.05, 4.69) is 30.9 Å². The Hall–Kier alpha value is -2.80. The van der Waals surface area contributed by atoms with Crippen LogP contribution in [0.2, 0.25) is 0 Å². The standard InChI is InChI=1S/C29H36F3N3O3/c1-20-14-23(19-34-17-21(2)38-22(3)18-34)4-7-27(20)37-13-10-28(36)8-11-35(12-9-28)25-6-5-24(16-33)26(15-25)29(30,31)32/h4-7,14-15,21-22,36H,8-13,17-19H2,1-3H3/t21-,22-/m1/s1. The van der Waals surface area contributed by atoms with Gasteiger partial charge < -0.3 is 19.5 Å². The summed E-state index contributed by atoms with van der Waals surface area (Å²) >= 11 is 0. The Morgan fingerprint density at radius 2 is 1.79 bits per heavy atom. The van der Waals surface area contributed by atoms with Crippen LogP contribution < -0.4 is 9.64 Å². The van der Waals surface area contributed by atoms with Crippen LogP contribution in [-0.4, -0.2) is 60.6 Å². The molecule has 6 nitrogen and oxygen atoms in total. The summed E-state index contributed by atoms with van der Waals surface area (Å²) in [6.45, 7) is 10.1. The number of aryl methyl sites for hydroxylation is 1. The van der Waals surface area contributed by atoms with Gasteiger partial charge in [-0.05, 0) is 69.0 Å². The summed E-state index contributed by atoms with van der Waals surface area (Å²) in [4.78, 5) is 4.22. The summed E-state index contributed by atoms with van der Waals surface area (Å²) in [5, 5.41) is 20.1. The van der Waals surface area contributed by atoms with Crippen molar-refractivity contribution in [3.05, 3.63) is 58.7 Å². The molecule has 0 unspecified atom stereocenters. The summed E-state index contributed by atoms with van der Waals surface area (Å²) < 4.78 is 51.8. The lowest BCUT2D eigenvalue weighted by molar-refractivity contribution is -0.137. The molecule has 2 aromatic carbocycles. The van der Waals surface area contributed by atoms with Gasteiger partial charge in [0.15, 0.2) is 0 Å². The van der Waals surface area contributed by atoms with Gasteiger partial charge in [0.25, 0.3) is 0 Å². The molecule has 0 saturated carbocycles. The molecule has 0 aliphatic carbocycles. The fourth-order valence-electron chi connectivity index (χ4n) is 5.49. The zero-order valence-corrected chi connectivity index (χ0v) is 22.2. The topological polar surface area (TPSA) is 69.0 Å². The number of halogens is 3. The predicted octanol–water partition coefficient (Wildman–Crippen LogP) is 5.30. The highest BCUT2D eigenvalue weighted by Crippen LogP contribution is 2.36. The number of benzene rings is 2. The summed E-state index contributed by atoms with van der Waals surface area (Å²) in [6, 6.07) is 11.6. The van der Waals surface area contributed by atoms with E-state index < -0.39 is 17.3 Å². The monoisotopic (exact) mass is 531 g/mol. The quantitative estimate of drug-likeness (QED) is 0.523. The second-order valence-corrected chi connectivity index (χ2v) is 10.7. The fraction of sp³-hybridized carbons (Fsp3) is 0.552. The molecule has 2 atom stereocenters. The first kappa shape index (κ1) is 28.2. The average molecular weight is 532 g/mol. The van der Waals surface area contributed by atoms with Crippen molar-refractivity contribution in [3.8, 4) is 11.8 Å². The van der Waals surface area contributed by atoms with Crippen molar-refractivity contribution in [1.29, 1.82) is 5.26 Å². The molecule has 2 saturated heterocycles. The lowest BCUT2D eigenvalue weighted by atomic mass is 9.88. The molecule has 0 aromatic heterocycles. The van der Waals surface area contributed by atoms with Crippen LogP contribution in [0, 0.1) is 18.3 Å². The number of aliphatic hydroxyl groups is 1. The molecular weight excluding hydrogens is 495 g/mol. The van der Waals surface area contributed by atoms with Crippen LogP contribution in [0.5, 0.6) is 5.75 Å². The molecule has 0 spiro atoms. The summed E-state index contributed by atoms with van der Waals surface area (Å²) in [5.41, 5.74) is 0.417. The van der Waals surface area contributed by atoms with Crippen molar-refractivity contribution in [1.82, 2.24) is 4.90 Å². The smallest absolute Gasteiger partial charge is 0.417 e. The van der Waals surface area contributed by atoms with Gasteiger partial charge in [0.05, 0.1) is 41.6 Å². The van der Waals surface area contributed by atoms with Crippen LogP contribution in [-0.2, 0) is 17.5 Å². The van der Waals surface area contributed by atoms with E-state index in [1.807, 2.05) is 17.9 Å². The van der Waals surface area contributed by atoms with Crippen molar-refractivity contribution in [3.63, 3.8) is 0 Å². The van der Waals surface area contributed by atoms with E-state index in [9.17, 15) is 18.3 Å². The Morgan fingerprint density at radius 3 is 2.39 bits per heavy atom. The first-order valence-electron chi connectivity index (χ1n) is 13.1. The van der Waals surface area contributed by atoms with Gasteiger partial charge in [-0.3, -0.25) is 4.90 Å². The minimum Gasteiger partial charge on any atom is -0.493 e. The zero-order valence-electron chi connectivity index (χ0n) is 22.2. The minimum atomic E-state index is -4.59. The number of piperidine rings is 1. The van der Waals surface area contributed by atoms with E-state index >= 15 is 0 Å². The van der Waals surface area contributed by atoms with Gasteiger partial charge >= 0.3 is 6.18 Å². The van der Waals surface area contributed by atoms with Crippen LogP contribution in [0.25, 0.3) is 0 Å². The third kappa shape index (κ3) is 6.99.